The molecule has 2 aliphatic rings. The van der Waals surface area contributed by atoms with Crippen molar-refractivity contribution >= 4 is 10.9 Å². The summed E-state index contributed by atoms with van der Waals surface area (Å²) >= 11 is 0. The summed E-state index contributed by atoms with van der Waals surface area (Å²) in [5.41, 5.74) is 8.95. The first-order chi connectivity index (χ1) is 12.6. The Balaban J connectivity index is 1.62. The summed E-state index contributed by atoms with van der Waals surface area (Å²) in [4.78, 5) is 2.63. The van der Waals surface area contributed by atoms with Crippen LogP contribution in [-0.2, 0) is 19.4 Å². The van der Waals surface area contributed by atoms with Gasteiger partial charge in [-0.2, -0.15) is 0 Å². The zero-order valence-corrected chi connectivity index (χ0v) is 16.1. The first-order valence-corrected chi connectivity index (χ1v) is 10.0. The van der Waals surface area contributed by atoms with Crippen molar-refractivity contribution in [2.45, 2.75) is 58.2 Å². The van der Waals surface area contributed by atoms with E-state index in [4.69, 9.17) is 0 Å². The van der Waals surface area contributed by atoms with E-state index in [9.17, 15) is 0 Å². The zero-order chi connectivity index (χ0) is 17.8. The van der Waals surface area contributed by atoms with Crippen molar-refractivity contribution in [1.29, 1.82) is 0 Å². The van der Waals surface area contributed by atoms with Crippen molar-refractivity contribution < 1.29 is 0 Å². The summed E-state index contributed by atoms with van der Waals surface area (Å²) in [5, 5.41) is 1.50. The normalized spacial score (nSPS) is 22.1. The summed E-state index contributed by atoms with van der Waals surface area (Å²) in [7, 11) is 2.33. The molecule has 3 heterocycles. The van der Waals surface area contributed by atoms with Crippen LogP contribution in [-0.4, -0.2) is 22.6 Å². The van der Waals surface area contributed by atoms with Gasteiger partial charge in [-0.25, -0.2) is 0 Å². The molecule has 0 saturated carbocycles. The van der Waals surface area contributed by atoms with Crippen LogP contribution in [0.1, 0.15) is 46.8 Å². The Hall–Kier alpha value is -2.06. The molecule has 2 bridgehead atoms. The predicted octanol–water partition coefficient (Wildman–Crippen LogP) is 5.19. The molecule has 1 saturated heterocycles. The number of likely N-dealkylation sites (N-methyl/N-ethyl adjacent to an activating group) is 1. The lowest BCUT2D eigenvalue weighted by atomic mass is 9.97. The van der Waals surface area contributed by atoms with Crippen molar-refractivity contribution in [2.24, 2.45) is 0 Å². The molecular weight excluding hydrogens is 316 g/mol. The van der Waals surface area contributed by atoms with E-state index < -0.39 is 0 Å². The van der Waals surface area contributed by atoms with Crippen molar-refractivity contribution in [1.82, 2.24) is 9.47 Å². The van der Waals surface area contributed by atoms with E-state index in [1.165, 1.54) is 46.9 Å². The average molecular weight is 345 g/mol. The van der Waals surface area contributed by atoms with Gasteiger partial charge in [0.25, 0.3) is 0 Å². The van der Waals surface area contributed by atoms with Crippen molar-refractivity contribution in [3.63, 3.8) is 0 Å². The fraction of sp³-hybridized carbons (Fsp3) is 0.417. The number of aryl methyl sites for hydroxylation is 4. The Kier molecular flexibility index (Phi) is 3.72. The Labute approximate surface area is 156 Å². The Morgan fingerprint density at radius 3 is 2.73 bits per heavy atom. The number of nitrogens with zero attached hydrogens (tertiary/aromatic N) is 2. The van der Waals surface area contributed by atoms with Crippen LogP contribution in [0.3, 0.4) is 0 Å². The molecule has 1 fully saturated rings. The summed E-state index contributed by atoms with van der Waals surface area (Å²) < 4.78 is 2.65. The third kappa shape index (κ3) is 2.35. The van der Waals surface area contributed by atoms with Crippen LogP contribution in [0.5, 0.6) is 0 Å². The highest BCUT2D eigenvalue weighted by Crippen LogP contribution is 2.47. The minimum absolute atomic E-state index is 0.618. The standard InChI is InChI=1S/C24H28N2/c1-16-8-10-21-20(14-16)24-22-11-9-19(25(22)3)15-23(24)26(21)13-12-18-7-5-4-6-17(18)2/h4-8,10,14,19,22H,9,11-13,15H2,1-3H3/t19-,22+/m0/s1. The van der Waals surface area contributed by atoms with Crippen molar-refractivity contribution in [3.05, 3.63) is 70.4 Å². The number of rotatable bonds is 3. The third-order valence-corrected chi connectivity index (χ3v) is 6.84. The molecule has 0 N–H and O–H groups in total. The number of aromatic nitrogens is 1. The van der Waals surface area contributed by atoms with Gasteiger partial charge in [0.1, 0.15) is 0 Å². The molecule has 134 valence electrons. The largest absolute Gasteiger partial charge is 0.344 e. The number of fused-ring (bicyclic) bond motifs is 6. The van der Waals surface area contributed by atoms with Crippen molar-refractivity contribution in [3.8, 4) is 0 Å². The Morgan fingerprint density at radius 1 is 1.04 bits per heavy atom. The van der Waals surface area contributed by atoms with Crippen LogP contribution in [0.4, 0.5) is 0 Å². The maximum Gasteiger partial charge on any atom is 0.0486 e. The molecule has 0 radical (unpaired) electrons. The smallest absolute Gasteiger partial charge is 0.0486 e. The average Bonchev–Trinajstić information content (AvgIpc) is 3.04. The van der Waals surface area contributed by atoms with E-state index in [2.05, 4.69) is 72.8 Å². The first kappa shape index (κ1) is 16.1. The second-order valence-corrected chi connectivity index (χ2v) is 8.33. The van der Waals surface area contributed by atoms with Crippen LogP contribution >= 0.6 is 0 Å². The molecule has 3 aromatic rings. The van der Waals surface area contributed by atoms with Crippen LogP contribution in [0.2, 0.25) is 0 Å². The molecular formula is C24H28N2. The number of benzene rings is 2. The van der Waals surface area contributed by atoms with Crippen LogP contribution in [0.25, 0.3) is 10.9 Å². The fourth-order valence-electron chi connectivity index (χ4n) is 5.35. The van der Waals surface area contributed by atoms with E-state index in [1.54, 1.807) is 11.3 Å². The SMILES string of the molecule is Cc1ccc2c(c1)c1c(n2CCc2ccccc2C)C[C@@H]2CC[C@H]1N2C. The van der Waals surface area contributed by atoms with Gasteiger partial charge < -0.3 is 4.57 Å². The van der Waals surface area contributed by atoms with Gasteiger partial charge in [0.2, 0.25) is 0 Å². The van der Waals surface area contributed by atoms with Crippen LogP contribution < -0.4 is 0 Å². The maximum absolute atomic E-state index is 2.65. The van der Waals surface area contributed by atoms with Gasteiger partial charge in [-0.05, 0) is 69.0 Å². The van der Waals surface area contributed by atoms with Gasteiger partial charge in [0.05, 0.1) is 0 Å². The lowest BCUT2D eigenvalue weighted by Gasteiger charge is -2.32. The minimum Gasteiger partial charge on any atom is -0.344 e. The number of hydrogen-bond donors (Lipinski definition) is 0. The molecule has 0 unspecified atom stereocenters. The molecule has 2 atom stereocenters. The Bertz CT molecular complexity index is 981. The van der Waals surface area contributed by atoms with E-state index in [0.29, 0.717) is 6.04 Å². The summed E-state index contributed by atoms with van der Waals surface area (Å²) in [5.74, 6) is 0. The predicted molar refractivity (Wildman–Crippen MR) is 109 cm³/mol. The fourth-order valence-corrected chi connectivity index (χ4v) is 5.35. The van der Waals surface area contributed by atoms with Gasteiger partial charge in [-0.1, -0.05) is 35.9 Å². The topological polar surface area (TPSA) is 8.17 Å². The molecule has 26 heavy (non-hydrogen) atoms. The summed E-state index contributed by atoms with van der Waals surface area (Å²) in [6.07, 6.45) is 4.99. The van der Waals surface area contributed by atoms with E-state index in [-0.39, 0.29) is 0 Å². The van der Waals surface area contributed by atoms with Gasteiger partial charge in [0, 0.05) is 41.6 Å². The quantitative estimate of drug-likeness (QED) is 0.634. The van der Waals surface area contributed by atoms with E-state index in [0.717, 1.165) is 19.0 Å². The molecule has 2 nitrogen and oxygen atoms in total. The Morgan fingerprint density at radius 2 is 1.88 bits per heavy atom. The van der Waals surface area contributed by atoms with Crippen LogP contribution in [0, 0.1) is 13.8 Å². The van der Waals surface area contributed by atoms with E-state index in [1.807, 2.05) is 0 Å². The summed E-state index contributed by atoms with van der Waals surface area (Å²) in [6, 6.07) is 17.2. The molecule has 0 spiro atoms. The van der Waals surface area contributed by atoms with Gasteiger partial charge in [0.15, 0.2) is 0 Å². The van der Waals surface area contributed by atoms with Gasteiger partial charge in [-0.15, -0.1) is 0 Å². The maximum atomic E-state index is 2.65. The summed E-state index contributed by atoms with van der Waals surface area (Å²) in [6.45, 7) is 5.54. The highest BCUT2D eigenvalue weighted by Gasteiger charge is 2.40. The molecule has 2 heteroatoms. The van der Waals surface area contributed by atoms with Crippen molar-refractivity contribution in [2.75, 3.05) is 7.05 Å². The number of hydrogen-bond acceptors (Lipinski definition) is 1. The lowest BCUT2D eigenvalue weighted by Crippen LogP contribution is -2.34. The third-order valence-electron chi connectivity index (χ3n) is 6.84. The monoisotopic (exact) mass is 344 g/mol. The first-order valence-electron chi connectivity index (χ1n) is 10.0. The molecule has 1 aromatic heterocycles. The highest BCUT2D eigenvalue weighted by atomic mass is 15.2. The van der Waals surface area contributed by atoms with Crippen LogP contribution in [0.15, 0.2) is 42.5 Å². The van der Waals surface area contributed by atoms with Gasteiger partial charge >= 0.3 is 0 Å². The molecule has 2 aliphatic heterocycles. The molecule has 5 rings (SSSR count). The minimum atomic E-state index is 0.618. The second kappa shape index (κ2) is 5.99. The molecule has 0 aliphatic carbocycles. The highest BCUT2D eigenvalue weighted by molar-refractivity contribution is 5.87. The molecule has 2 aromatic carbocycles. The second-order valence-electron chi connectivity index (χ2n) is 8.33. The van der Waals surface area contributed by atoms with E-state index >= 15 is 0 Å². The lowest BCUT2D eigenvalue weighted by molar-refractivity contribution is 0.222. The zero-order valence-electron chi connectivity index (χ0n) is 16.1. The van der Waals surface area contributed by atoms with Gasteiger partial charge in [-0.3, -0.25) is 4.90 Å². The molecule has 0 amide bonds.